The van der Waals surface area contributed by atoms with Crippen molar-refractivity contribution in [2.24, 2.45) is 0 Å². The summed E-state index contributed by atoms with van der Waals surface area (Å²) in [5, 5.41) is 0. The summed E-state index contributed by atoms with van der Waals surface area (Å²) in [6.07, 6.45) is 0. The quantitative estimate of drug-likeness (QED) is 0.426. The maximum atomic E-state index is 8.09. The van der Waals surface area contributed by atoms with Crippen LogP contribution in [0, 0.1) is 0 Å². The first kappa shape index (κ1) is 7.55. The minimum absolute atomic E-state index is 0.142. The van der Waals surface area contributed by atoms with E-state index >= 15 is 0 Å². The van der Waals surface area contributed by atoms with Gasteiger partial charge in [-0.3, -0.25) is 0 Å². The third-order valence-electron chi connectivity index (χ3n) is 0.338. The molecule has 44 valence electrons. The van der Waals surface area contributed by atoms with E-state index in [0.29, 0.717) is 0 Å². The Morgan fingerprint density at radius 3 is 1.86 bits per heavy atom. The predicted molar refractivity (Wildman–Crippen MR) is 18.3 cm³/mol. The summed E-state index contributed by atoms with van der Waals surface area (Å²) in [7, 11) is 0. The number of hydrogen-bond donors (Lipinski definition) is 3. The zero-order valence-corrected chi connectivity index (χ0v) is 5.52. The molecule has 0 aromatic carbocycles. The summed E-state index contributed by atoms with van der Waals surface area (Å²) >= 11 is -4.58. The van der Waals surface area contributed by atoms with Crippen LogP contribution in [0.4, 0.5) is 0 Å². The van der Waals surface area contributed by atoms with Gasteiger partial charge in [0.25, 0.3) is 0 Å². The molecule has 0 rings (SSSR count). The van der Waals surface area contributed by atoms with Gasteiger partial charge >= 0.3 is 46.1 Å². The Kier molecular flexibility index (Phi) is 2.98. The van der Waals surface area contributed by atoms with Crippen molar-refractivity contribution in [2.45, 2.75) is 6.92 Å². The molecular formula is C2H8O4Ti. The first-order chi connectivity index (χ1) is 3.06. The molecule has 0 heterocycles. The van der Waals surface area contributed by atoms with E-state index in [9.17, 15) is 0 Å². The fourth-order valence-corrected chi connectivity index (χ4v) is 0.798. The summed E-state index contributed by atoms with van der Waals surface area (Å²) in [5.74, 6) is 0. The molecule has 3 N–H and O–H groups in total. The molecule has 0 aliphatic rings. The van der Waals surface area contributed by atoms with Crippen molar-refractivity contribution in [1.82, 2.24) is 0 Å². The van der Waals surface area contributed by atoms with E-state index in [1.54, 1.807) is 6.92 Å². The zero-order chi connectivity index (χ0) is 5.91. The predicted octanol–water partition coefficient (Wildman–Crippen LogP) is -1.19. The summed E-state index contributed by atoms with van der Waals surface area (Å²) in [6, 6.07) is 0. The fraction of sp³-hybridized carbons (Fsp3) is 1.00. The third-order valence-corrected chi connectivity index (χ3v) is 1.39. The van der Waals surface area contributed by atoms with Crippen molar-refractivity contribution in [1.29, 1.82) is 0 Å². The average molecular weight is 144 g/mol. The molecule has 0 aromatic rings. The monoisotopic (exact) mass is 144 g/mol. The van der Waals surface area contributed by atoms with Crippen molar-refractivity contribution in [3.8, 4) is 0 Å². The molecule has 0 atom stereocenters. The molecule has 4 nitrogen and oxygen atoms in total. The van der Waals surface area contributed by atoms with E-state index < -0.39 is 18.1 Å². The van der Waals surface area contributed by atoms with Crippen LogP contribution in [0.3, 0.4) is 0 Å². The van der Waals surface area contributed by atoms with Gasteiger partial charge in [-0.2, -0.15) is 0 Å². The Morgan fingerprint density at radius 1 is 1.43 bits per heavy atom. The minimum atomic E-state index is -4.58. The molecule has 0 spiro atoms. The summed E-state index contributed by atoms with van der Waals surface area (Å²) < 4.78 is 28.4. The summed E-state index contributed by atoms with van der Waals surface area (Å²) in [6.45, 7) is 1.71. The number of hydrogen-bond acceptors (Lipinski definition) is 4. The second kappa shape index (κ2) is 2.76. The average Bonchev–Trinajstić information content (AvgIpc) is 1.30. The number of rotatable bonds is 2. The van der Waals surface area contributed by atoms with Crippen molar-refractivity contribution in [2.75, 3.05) is 6.61 Å². The SMILES string of the molecule is CC[O][Ti]([OH])([OH])[OH]. The second-order valence-electron chi connectivity index (χ2n) is 1.01. The maximum absolute atomic E-state index is 8.09. The van der Waals surface area contributed by atoms with Crippen LogP contribution in [-0.2, 0) is 21.5 Å². The van der Waals surface area contributed by atoms with E-state index in [-0.39, 0.29) is 6.61 Å². The van der Waals surface area contributed by atoms with Crippen molar-refractivity contribution in [3.05, 3.63) is 0 Å². The van der Waals surface area contributed by atoms with Gasteiger partial charge in [0, 0.05) is 0 Å². The Hall–Kier alpha value is 0.554. The van der Waals surface area contributed by atoms with Crippen molar-refractivity contribution >= 4 is 0 Å². The Morgan fingerprint density at radius 2 is 1.86 bits per heavy atom. The van der Waals surface area contributed by atoms with Gasteiger partial charge in [0.1, 0.15) is 0 Å². The van der Waals surface area contributed by atoms with Crippen LogP contribution in [-0.4, -0.2) is 17.7 Å². The van der Waals surface area contributed by atoms with Gasteiger partial charge in [-0.15, -0.1) is 0 Å². The van der Waals surface area contributed by atoms with Crippen molar-refractivity contribution in [3.63, 3.8) is 0 Å². The van der Waals surface area contributed by atoms with E-state index in [0.717, 1.165) is 0 Å². The molecular weight excluding hydrogens is 136 g/mol. The van der Waals surface area contributed by atoms with Gasteiger partial charge < -0.3 is 0 Å². The van der Waals surface area contributed by atoms with Crippen LogP contribution in [0.1, 0.15) is 6.92 Å². The normalized spacial score (nSPS) is 12.0. The molecule has 7 heavy (non-hydrogen) atoms. The van der Waals surface area contributed by atoms with Crippen LogP contribution in [0.15, 0.2) is 0 Å². The van der Waals surface area contributed by atoms with Gasteiger partial charge in [0.05, 0.1) is 0 Å². The van der Waals surface area contributed by atoms with Gasteiger partial charge in [-0.1, -0.05) is 0 Å². The molecule has 0 aromatic heterocycles. The Balaban J connectivity index is 3.15. The van der Waals surface area contributed by atoms with Crippen molar-refractivity contribution < 1.29 is 32.5 Å². The summed E-state index contributed by atoms with van der Waals surface area (Å²) in [4.78, 5) is 0. The van der Waals surface area contributed by atoms with Gasteiger partial charge in [0.15, 0.2) is 0 Å². The molecule has 0 fully saturated rings. The molecule has 0 bridgehead atoms. The van der Waals surface area contributed by atoms with E-state index in [4.69, 9.17) is 11.1 Å². The molecule has 0 saturated heterocycles. The van der Waals surface area contributed by atoms with Crippen LogP contribution in [0.25, 0.3) is 0 Å². The standard InChI is InChI=1S/C2H5O.3H2O.Ti/c1-2-3;;;;/h2H2,1H3;3*1H2;/q-1;;;;+4/p-3. The van der Waals surface area contributed by atoms with E-state index in [1.807, 2.05) is 0 Å². The fourth-order valence-electron chi connectivity index (χ4n) is 0.194. The Bertz CT molecular complexity index is 48.1. The topological polar surface area (TPSA) is 69.9 Å². The first-order valence-corrected chi connectivity index (χ1v) is 4.60. The third kappa shape index (κ3) is 6.55. The summed E-state index contributed by atoms with van der Waals surface area (Å²) in [5.41, 5.74) is 0. The molecule has 0 aliphatic carbocycles. The van der Waals surface area contributed by atoms with Gasteiger partial charge in [0.2, 0.25) is 0 Å². The van der Waals surface area contributed by atoms with Gasteiger partial charge in [-0.25, -0.2) is 0 Å². The Labute approximate surface area is 46.6 Å². The molecule has 0 aliphatic heterocycles. The van der Waals surface area contributed by atoms with Crippen LogP contribution < -0.4 is 0 Å². The molecule has 0 amide bonds. The second-order valence-corrected chi connectivity index (χ2v) is 3.25. The van der Waals surface area contributed by atoms with Crippen LogP contribution in [0.5, 0.6) is 0 Å². The molecule has 0 radical (unpaired) electrons. The van der Waals surface area contributed by atoms with Crippen LogP contribution >= 0.6 is 0 Å². The molecule has 0 saturated carbocycles. The van der Waals surface area contributed by atoms with E-state index in [1.165, 1.54) is 0 Å². The van der Waals surface area contributed by atoms with Gasteiger partial charge in [-0.05, 0) is 0 Å². The molecule has 5 heteroatoms. The zero-order valence-electron chi connectivity index (χ0n) is 3.96. The molecule has 0 unspecified atom stereocenters. The van der Waals surface area contributed by atoms with E-state index in [2.05, 4.69) is 3.32 Å². The first-order valence-electron chi connectivity index (χ1n) is 1.87. The van der Waals surface area contributed by atoms with Crippen LogP contribution in [0.2, 0.25) is 0 Å².